The van der Waals surface area contributed by atoms with Gasteiger partial charge in [-0.1, -0.05) is 18.2 Å². The van der Waals surface area contributed by atoms with Crippen molar-refractivity contribution in [2.75, 3.05) is 70.7 Å². The van der Waals surface area contributed by atoms with Crippen LogP contribution in [0.4, 0.5) is 24.7 Å². The van der Waals surface area contributed by atoms with Gasteiger partial charge in [0, 0.05) is 38.3 Å². The lowest BCUT2D eigenvalue weighted by molar-refractivity contribution is 0.146. The van der Waals surface area contributed by atoms with E-state index in [9.17, 15) is 13.2 Å². The molecule has 1 aliphatic rings. The Morgan fingerprint density at radius 2 is 1.78 bits per heavy atom. The van der Waals surface area contributed by atoms with E-state index < -0.39 is 23.8 Å². The van der Waals surface area contributed by atoms with E-state index >= 15 is 0 Å². The Labute approximate surface area is 215 Å². The fourth-order valence-electron chi connectivity index (χ4n) is 4.31. The number of ether oxygens (including phenoxy) is 1. The molecular formula is C26H34F3N7O. The maximum Gasteiger partial charge on any atom is 0.266 e. The van der Waals surface area contributed by atoms with Crippen LogP contribution in [0.15, 0.2) is 24.3 Å². The number of rotatable bonds is 9. The van der Waals surface area contributed by atoms with Gasteiger partial charge in [-0.2, -0.15) is 4.98 Å². The summed E-state index contributed by atoms with van der Waals surface area (Å²) in [5.41, 5.74) is 0.807. The largest absolute Gasteiger partial charge is 0.475 e. The van der Waals surface area contributed by atoms with Gasteiger partial charge in [-0.25, -0.2) is 23.1 Å². The maximum atomic E-state index is 14.8. The van der Waals surface area contributed by atoms with Gasteiger partial charge in [-0.05, 0) is 41.1 Å². The van der Waals surface area contributed by atoms with Crippen LogP contribution in [0.5, 0.6) is 5.88 Å². The van der Waals surface area contributed by atoms with Crippen LogP contribution in [-0.4, -0.2) is 85.2 Å². The molecule has 4 rings (SSSR count). The molecule has 1 fully saturated rings. The minimum Gasteiger partial charge on any atom is -0.475 e. The van der Waals surface area contributed by atoms with Crippen LogP contribution < -0.4 is 15.0 Å². The molecule has 1 atom stereocenters. The molecule has 11 heteroatoms. The second kappa shape index (κ2) is 11.5. The number of likely N-dealkylation sites (N-methyl/N-ethyl adjacent to an activating group) is 2. The number of aryl methyl sites for hydroxylation is 1. The number of nitrogens with one attached hydrogen (secondary N) is 1. The number of hydrogen-bond acceptors (Lipinski definition) is 8. The number of aromatic nitrogens is 3. The van der Waals surface area contributed by atoms with Gasteiger partial charge in [-0.3, -0.25) is 0 Å². The zero-order valence-corrected chi connectivity index (χ0v) is 21.9. The highest BCUT2D eigenvalue weighted by Gasteiger charge is 2.24. The van der Waals surface area contributed by atoms with Gasteiger partial charge in [0.15, 0.2) is 5.65 Å². The molecule has 1 aromatic carbocycles. The first kappa shape index (κ1) is 26.9. The number of fused-ring (bicyclic) bond motifs is 1. The third kappa shape index (κ3) is 6.22. The number of halogens is 3. The van der Waals surface area contributed by atoms with Gasteiger partial charge in [0.05, 0.1) is 17.0 Å². The molecule has 0 amide bonds. The molecule has 0 radical (unpaired) electrons. The van der Waals surface area contributed by atoms with E-state index in [-0.39, 0.29) is 5.56 Å². The van der Waals surface area contributed by atoms with Crippen LogP contribution >= 0.6 is 0 Å². The van der Waals surface area contributed by atoms with Crippen LogP contribution in [-0.2, 0) is 0 Å². The van der Waals surface area contributed by atoms with Crippen molar-refractivity contribution < 1.29 is 17.9 Å². The molecule has 0 unspecified atom stereocenters. The van der Waals surface area contributed by atoms with Crippen molar-refractivity contribution in [1.82, 2.24) is 24.8 Å². The molecule has 8 nitrogen and oxygen atoms in total. The Bertz CT molecular complexity index is 1230. The fourth-order valence-corrected chi connectivity index (χ4v) is 4.31. The maximum absolute atomic E-state index is 14.8. The van der Waals surface area contributed by atoms with Crippen LogP contribution in [0.2, 0.25) is 0 Å². The Hall–Kier alpha value is -3.18. The van der Waals surface area contributed by atoms with Crippen molar-refractivity contribution in [2.24, 2.45) is 0 Å². The lowest BCUT2D eigenvalue weighted by Crippen LogP contribution is -2.44. The molecule has 2 aromatic heterocycles. The first-order valence-electron chi connectivity index (χ1n) is 12.4. The van der Waals surface area contributed by atoms with Gasteiger partial charge in [0.25, 0.3) is 6.43 Å². The summed E-state index contributed by atoms with van der Waals surface area (Å²) < 4.78 is 47.5. The molecule has 0 spiro atoms. The number of hydrogen-bond donors (Lipinski definition) is 1. The molecule has 1 aliphatic heterocycles. The van der Waals surface area contributed by atoms with Crippen molar-refractivity contribution in [1.29, 1.82) is 0 Å². The normalized spacial score (nSPS) is 15.6. The summed E-state index contributed by atoms with van der Waals surface area (Å²) in [4.78, 5) is 20.4. The summed E-state index contributed by atoms with van der Waals surface area (Å²) in [6.07, 6.45) is -2.89. The topological polar surface area (TPSA) is 69.7 Å². The van der Waals surface area contributed by atoms with Crippen molar-refractivity contribution in [2.45, 2.75) is 26.3 Å². The van der Waals surface area contributed by atoms with Crippen molar-refractivity contribution >= 4 is 22.5 Å². The Balaban J connectivity index is 1.73. The second-order valence-electron chi connectivity index (χ2n) is 9.66. The standard InChI is InChI=1S/C26H34F3N7O/c1-16(18-7-6-8-19(22(18)27)23(28)29)30-24-20-15-21(36-11-9-35(5)10-12-36)26(37-14-13-34(3)4)33-25(20)32-17(2)31-24/h6-8,15-16,23H,9-14H2,1-5H3,(H,30,31,32,33)/t16-/m1/s1. The van der Waals surface area contributed by atoms with E-state index in [1.54, 1.807) is 13.8 Å². The van der Waals surface area contributed by atoms with Crippen LogP contribution in [0, 0.1) is 12.7 Å². The monoisotopic (exact) mass is 517 g/mol. The molecular weight excluding hydrogens is 483 g/mol. The highest BCUT2D eigenvalue weighted by molar-refractivity contribution is 5.90. The Kier molecular flexibility index (Phi) is 8.33. The van der Waals surface area contributed by atoms with Crippen LogP contribution in [0.3, 0.4) is 0 Å². The zero-order chi connectivity index (χ0) is 26.7. The predicted octanol–water partition coefficient (Wildman–Crippen LogP) is 4.28. The predicted molar refractivity (Wildman–Crippen MR) is 139 cm³/mol. The van der Waals surface area contributed by atoms with Crippen LogP contribution in [0.1, 0.15) is 36.3 Å². The number of nitrogens with zero attached hydrogens (tertiary/aromatic N) is 6. The molecule has 0 bridgehead atoms. The Morgan fingerprint density at radius 1 is 1.08 bits per heavy atom. The van der Waals surface area contributed by atoms with Gasteiger partial charge in [0.1, 0.15) is 29.8 Å². The van der Waals surface area contributed by atoms with Gasteiger partial charge in [-0.15, -0.1) is 0 Å². The highest BCUT2D eigenvalue weighted by atomic mass is 19.3. The van der Waals surface area contributed by atoms with Gasteiger partial charge >= 0.3 is 0 Å². The third-order valence-corrected chi connectivity index (χ3v) is 6.48. The van der Waals surface area contributed by atoms with E-state index in [4.69, 9.17) is 9.72 Å². The summed E-state index contributed by atoms with van der Waals surface area (Å²) in [6, 6.07) is 5.37. The van der Waals surface area contributed by atoms with Gasteiger partial charge in [0.2, 0.25) is 5.88 Å². The summed E-state index contributed by atoms with van der Waals surface area (Å²) in [5.74, 6) is 0.523. The first-order chi connectivity index (χ1) is 17.6. The number of benzene rings is 1. The van der Waals surface area contributed by atoms with E-state index in [2.05, 4.69) is 32.1 Å². The smallest absolute Gasteiger partial charge is 0.266 e. The van der Waals surface area contributed by atoms with E-state index in [1.165, 1.54) is 12.1 Å². The first-order valence-corrected chi connectivity index (χ1v) is 12.4. The summed E-state index contributed by atoms with van der Waals surface area (Å²) >= 11 is 0. The van der Waals surface area contributed by atoms with Crippen molar-refractivity contribution in [3.05, 3.63) is 47.0 Å². The molecule has 0 saturated carbocycles. The molecule has 1 N–H and O–H groups in total. The Morgan fingerprint density at radius 3 is 2.46 bits per heavy atom. The number of anilines is 2. The molecule has 200 valence electrons. The molecule has 3 aromatic rings. The van der Waals surface area contributed by atoms with Crippen molar-refractivity contribution in [3.63, 3.8) is 0 Å². The highest BCUT2D eigenvalue weighted by Crippen LogP contribution is 2.35. The average Bonchev–Trinajstić information content (AvgIpc) is 2.84. The molecule has 1 saturated heterocycles. The number of alkyl halides is 2. The van der Waals surface area contributed by atoms with E-state index in [1.807, 2.05) is 25.1 Å². The molecule has 37 heavy (non-hydrogen) atoms. The van der Waals surface area contributed by atoms with Crippen LogP contribution in [0.25, 0.3) is 11.0 Å². The van der Waals surface area contributed by atoms with Crippen molar-refractivity contribution in [3.8, 4) is 5.88 Å². The third-order valence-electron chi connectivity index (χ3n) is 6.48. The summed E-state index contributed by atoms with van der Waals surface area (Å²) in [7, 11) is 6.05. The lowest BCUT2D eigenvalue weighted by Gasteiger charge is -2.34. The quantitative estimate of drug-likeness (QED) is 0.451. The average molecular weight is 518 g/mol. The van der Waals surface area contributed by atoms with Gasteiger partial charge < -0.3 is 24.8 Å². The van der Waals surface area contributed by atoms with E-state index in [0.29, 0.717) is 35.2 Å². The zero-order valence-electron chi connectivity index (χ0n) is 21.9. The number of pyridine rings is 1. The summed E-state index contributed by atoms with van der Waals surface area (Å²) in [5, 5.41) is 3.86. The number of piperazine rings is 1. The molecule has 3 heterocycles. The summed E-state index contributed by atoms with van der Waals surface area (Å²) in [6.45, 7) is 8.09. The minimum absolute atomic E-state index is 0.137. The second-order valence-corrected chi connectivity index (χ2v) is 9.66. The SMILES string of the molecule is Cc1nc(N[C@H](C)c2cccc(C(F)F)c2F)c2cc(N3CCN(C)CC3)c(OCCN(C)C)nc2n1. The minimum atomic E-state index is -2.89. The fraction of sp³-hybridized carbons (Fsp3) is 0.500. The lowest BCUT2D eigenvalue weighted by atomic mass is 10.0. The molecule has 0 aliphatic carbocycles. The van der Waals surface area contributed by atoms with E-state index in [0.717, 1.165) is 44.5 Å².